The zero-order valence-electron chi connectivity index (χ0n) is 19.7. The molecule has 1 amide bonds. The number of carbonyl (C=O) groups is 1. The van der Waals surface area contributed by atoms with Gasteiger partial charge in [0, 0.05) is 29.8 Å². The van der Waals surface area contributed by atoms with Gasteiger partial charge in [-0.05, 0) is 99.7 Å². The van der Waals surface area contributed by atoms with Gasteiger partial charge in [0.2, 0.25) is 0 Å². The predicted molar refractivity (Wildman–Crippen MR) is 133 cm³/mol. The highest BCUT2D eigenvalue weighted by Crippen LogP contribution is 2.39. The molecule has 1 heterocycles. The molecule has 4 nitrogen and oxygen atoms in total. The van der Waals surface area contributed by atoms with Crippen LogP contribution in [0.25, 0.3) is 0 Å². The summed E-state index contributed by atoms with van der Waals surface area (Å²) in [5.74, 6) is 1.92. The van der Waals surface area contributed by atoms with Gasteiger partial charge in [-0.1, -0.05) is 0 Å². The van der Waals surface area contributed by atoms with Crippen LogP contribution < -0.4 is 10.1 Å². The minimum atomic E-state index is 0.0301. The second-order valence-electron chi connectivity index (χ2n) is 8.81. The Kier molecular flexibility index (Phi) is 9.45. The Morgan fingerprint density at radius 1 is 1.22 bits per heavy atom. The van der Waals surface area contributed by atoms with Crippen molar-refractivity contribution >= 4 is 28.8 Å². The number of ether oxygens (including phenoxy) is 2. The highest BCUT2D eigenvalue weighted by atomic mass is 35.5. The van der Waals surface area contributed by atoms with Gasteiger partial charge in [-0.3, -0.25) is 4.79 Å². The Labute approximate surface area is 201 Å². The third kappa shape index (κ3) is 6.49. The summed E-state index contributed by atoms with van der Waals surface area (Å²) in [6, 6.07) is 8.25. The smallest absolute Gasteiger partial charge is 0.261 e. The fraction of sp³-hybridized carbons (Fsp3) is 0.577. The fourth-order valence-corrected chi connectivity index (χ4v) is 6.09. The van der Waals surface area contributed by atoms with Crippen molar-refractivity contribution in [3.63, 3.8) is 0 Å². The minimum absolute atomic E-state index is 0.0301. The lowest BCUT2D eigenvalue weighted by atomic mass is 9.91. The monoisotopic (exact) mass is 477 g/mol. The molecule has 1 fully saturated rings. The number of hydrogen-bond acceptors (Lipinski definition) is 4. The Hall–Kier alpha value is -1.56. The van der Waals surface area contributed by atoms with Gasteiger partial charge in [0.1, 0.15) is 5.75 Å². The predicted octanol–water partition coefficient (Wildman–Crippen LogP) is 6.30. The minimum Gasteiger partial charge on any atom is -0.493 e. The number of rotatable bonds is 11. The summed E-state index contributed by atoms with van der Waals surface area (Å²) < 4.78 is 11.5. The summed E-state index contributed by atoms with van der Waals surface area (Å²) in [5.41, 5.74) is 3.64. The van der Waals surface area contributed by atoms with Crippen LogP contribution in [0.15, 0.2) is 24.3 Å². The third-order valence-electron chi connectivity index (χ3n) is 6.50. The largest absolute Gasteiger partial charge is 0.493 e. The Bertz CT molecular complexity index is 874. The fourth-order valence-electron chi connectivity index (χ4n) is 4.72. The van der Waals surface area contributed by atoms with Crippen molar-refractivity contribution < 1.29 is 14.3 Å². The van der Waals surface area contributed by atoms with E-state index in [4.69, 9.17) is 21.1 Å². The van der Waals surface area contributed by atoms with Crippen molar-refractivity contribution in [3.8, 4) is 5.75 Å². The third-order valence-corrected chi connectivity index (χ3v) is 8.19. The molecule has 0 spiro atoms. The maximum absolute atomic E-state index is 12.0. The zero-order valence-corrected chi connectivity index (χ0v) is 21.3. The first-order chi connectivity index (χ1) is 15.4. The van der Waals surface area contributed by atoms with Gasteiger partial charge in [-0.2, -0.15) is 0 Å². The molecule has 0 aliphatic heterocycles. The van der Waals surface area contributed by atoms with Crippen molar-refractivity contribution in [3.05, 3.63) is 50.7 Å². The number of amides is 1. The Morgan fingerprint density at radius 3 is 2.66 bits per heavy atom. The van der Waals surface area contributed by atoms with Crippen molar-refractivity contribution in [2.75, 3.05) is 20.3 Å². The summed E-state index contributed by atoms with van der Waals surface area (Å²) in [6.07, 6.45) is 5.51. The molecule has 1 aromatic heterocycles. The van der Waals surface area contributed by atoms with Crippen LogP contribution in [0.2, 0.25) is 0 Å². The van der Waals surface area contributed by atoms with Gasteiger partial charge in [0.05, 0.1) is 18.1 Å². The quantitative estimate of drug-likeness (QED) is 0.386. The lowest BCUT2D eigenvalue weighted by Crippen LogP contribution is -2.23. The van der Waals surface area contributed by atoms with Crippen LogP contribution >= 0.6 is 22.9 Å². The molecule has 1 unspecified atom stereocenters. The van der Waals surface area contributed by atoms with Crippen LogP contribution in [-0.2, 0) is 17.8 Å². The molecule has 0 bridgehead atoms. The van der Waals surface area contributed by atoms with E-state index in [-0.39, 0.29) is 11.3 Å². The molecule has 1 N–H and O–H groups in total. The molecule has 0 radical (unpaired) electrons. The van der Waals surface area contributed by atoms with E-state index < -0.39 is 0 Å². The van der Waals surface area contributed by atoms with E-state index in [9.17, 15) is 4.79 Å². The van der Waals surface area contributed by atoms with Crippen LogP contribution in [0.5, 0.6) is 5.75 Å². The van der Waals surface area contributed by atoms with Crippen molar-refractivity contribution in [2.45, 2.75) is 64.9 Å². The summed E-state index contributed by atoms with van der Waals surface area (Å²) in [5, 5.41) is 3.05. The van der Waals surface area contributed by atoms with Crippen LogP contribution in [0.3, 0.4) is 0 Å². The molecule has 3 atom stereocenters. The topological polar surface area (TPSA) is 47.6 Å². The van der Waals surface area contributed by atoms with Gasteiger partial charge in [0.15, 0.2) is 0 Å². The SMILES string of the molecule is CCNC(=O)c1ccc(CCC[C@H]2CCC(Cl)[C@@H]2COc2cc(C)c(COC)c(C)c2)s1. The van der Waals surface area contributed by atoms with E-state index in [1.807, 2.05) is 13.0 Å². The number of benzene rings is 1. The van der Waals surface area contributed by atoms with E-state index in [2.05, 4.69) is 37.4 Å². The second kappa shape index (κ2) is 12.1. The molecule has 176 valence electrons. The lowest BCUT2D eigenvalue weighted by molar-refractivity contribution is 0.0960. The van der Waals surface area contributed by atoms with Crippen LogP contribution in [0.4, 0.5) is 0 Å². The molecule has 2 aromatic rings. The van der Waals surface area contributed by atoms with Gasteiger partial charge in [-0.25, -0.2) is 0 Å². The zero-order chi connectivity index (χ0) is 23.1. The standard InChI is InChI=1S/C26H36ClNO3S/c1-5-28-26(29)25-12-10-21(32-25)8-6-7-19-9-11-24(27)23(19)16-31-20-13-17(2)22(15-30-4)18(3)14-20/h10,12-14,19,23-24H,5-9,11,15-16H2,1-4H3,(H,28,29)/t19-,23+,24?/m0/s1. The van der Waals surface area contributed by atoms with E-state index in [0.717, 1.165) is 36.3 Å². The van der Waals surface area contributed by atoms with Crippen molar-refractivity contribution in [2.24, 2.45) is 11.8 Å². The maximum atomic E-state index is 12.0. The molecular weight excluding hydrogens is 442 g/mol. The maximum Gasteiger partial charge on any atom is 0.261 e. The molecule has 1 aromatic carbocycles. The number of hydrogen-bond donors (Lipinski definition) is 1. The van der Waals surface area contributed by atoms with E-state index >= 15 is 0 Å². The van der Waals surface area contributed by atoms with Crippen LogP contribution in [0.1, 0.15) is 63.8 Å². The molecule has 32 heavy (non-hydrogen) atoms. The van der Waals surface area contributed by atoms with Gasteiger partial charge in [0.25, 0.3) is 5.91 Å². The molecule has 1 aliphatic rings. The number of thiophene rings is 1. The second-order valence-corrected chi connectivity index (χ2v) is 10.5. The first kappa shape index (κ1) is 25.1. The van der Waals surface area contributed by atoms with Crippen LogP contribution in [0, 0.1) is 25.7 Å². The molecule has 1 saturated carbocycles. The van der Waals surface area contributed by atoms with Gasteiger partial charge >= 0.3 is 0 Å². The first-order valence-corrected chi connectivity index (χ1v) is 12.9. The van der Waals surface area contributed by atoms with E-state index in [0.29, 0.717) is 31.6 Å². The number of alkyl halides is 1. The highest BCUT2D eigenvalue weighted by Gasteiger charge is 2.35. The Balaban J connectivity index is 1.51. The number of methoxy groups -OCH3 is 1. The summed E-state index contributed by atoms with van der Waals surface area (Å²) in [4.78, 5) is 14.0. The van der Waals surface area contributed by atoms with Crippen molar-refractivity contribution in [1.29, 1.82) is 0 Å². The summed E-state index contributed by atoms with van der Waals surface area (Å²) in [7, 11) is 1.73. The summed E-state index contributed by atoms with van der Waals surface area (Å²) in [6.45, 7) is 8.12. The lowest BCUT2D eigenvalue weighted by Gasteiger charge is -2.23. The average molecular weight is 478 g/mol. The van der Waals surface area contributed by atoms with E-state index in [1.54, 1.807) is 18.4 Å². The molecule has 0 saturated heterocycles. The van der Waals surface area contributed by atoms with Crippen LogP contribution in [-0.4, -0.2) is 31.5 Å². The number of carbonyl (C=O) groups excluding carboxylic acids is 1. The molecule has 6 heteroatoms. The first-order valence-electron chi connectivity index (χ1n) is 11.7. The number of halogens is 1. The molecular formula is C26H36ClNO3S. The van der Waals surface area contributed by atoms with Gasteiger partial charge < -0.3 is 14.8 Å². The van der Waals surface area contributed by atoms with Gasteiger partial charge in [-0.15, -0.1) is 22.9 Å². The molecule has 1 aliphatic carbocycles. The normalized spacial score (nSPS) is 20.5. The number of aryl methyl sites for hydroxylation is 3. The number of nitrogens with one attached hydrogen (secondary N) is 1. The van der Waals surface area contributed by atoms with E-state index in [1.165, 1.54) is 28.0 Å². The molecule has 3 rings (SSSR count). The Morgan fingerprint density at radius 2 is 1.97 bits per heavy atom. The average Bonchev–Trinajstić information content (AvgIpc) is 3.36. The van der Waals surface area contributed by atoms with Crippen molar-refractivity contribution in [1.82, 2.24) is 5.32 Å². The highest BCUT2D eigenvalue weighted by molar-refractivity contribution is 7.14. The summed E-state index contributed by atoms with van der Waals surface area (Å²) >= 11 is 8.30.